The minimum atomic E-state index is -0.429. The Bertz CT molecular complexity index is 1700. The molecule has 1 aliphatic heterocycles. The van der Waals surface area contributed by atoms with Crippen molar-refractivity contribution >= 4 is 29.1 Å². The summed E-state index contributed by atoms with van der Waals surface area (Å²) in [6.07, 6.45) is 3.03. The Morgan fingerprint density at radius 2 is 1.12 bits per heavy atom. The minimum Gasteiger partial charge on any atom is -0.339 e. The molecule has 0 radical (unpaired) electrons. The number of carbonyl (C=O) groups excluding carboxylic acids is 3. The van der Waals surface area contributed by atoms with Crippen molar-refractivity contribution in [3.63, 3.8) is 0 Å². The number of non-ortho nitro benzene ring substituents is 2. The van der Waals surface area contributed by atoms with Crippen LogP contribution in [0.15, 0.2) is 78.9 Å². The Hall–Kier alpha value is -5.21. The van der Waals surface area contributed by atoms with Crippen molar-refractivity contribution in [1.29, 1.82) is 0 Å². The molecule has 0 aromatic heterocycles. The second-order valence-corrected chi connectivity index (χ2v) is 14.5. The molecule has 0 saturated carbocycles. The standard InChI is InChI=1S/C38H51N7O7/c1-39(21-24-44(4,27-31-11-7-5-8-12-31)28-32-13-17-34(18-14-32)42(49)50)36(46)25-40(2)37(47)26-41(3)38(48)30-45(22-9-6-10-23-45)29-33-15-19-35(20-16-33)43(51)52/h5,7-8,11-20H,6,9-10,21-30H2,1-4H3/q+2. The summed E-state index contributed by atoms with van der Waals surface area (Å²) in [5.74, 6) is -0.745. The molecule has 1 heterocycles. The van der Waals surface area contributed by atoms with Crippen molar-refractivity contribution in [2.45, 2.75) is 38.9 Å². The van der Waals surface area contributed by atoms with Crippen LogP contribution in [0.25, 0.3) is 0 Å². The number of quaternary nitrogens is 2. The lowest BCUT2D eigenvalue weighted by molar-refractivity contribution is -0.938. The molecule has 3 amide bonds. The molecule has 0 aliphatic carbocycles. The van der Waals surface area contributed by atoms with Gasteiger partial charge in [0.1, 0.15) is 19.6 Å². The second kappa shape index (κ2) is 17.8. The quantitative estimate of drug-likeness (QED) is 0.115. The molecule has 1 unspecified atom stereocenters. The molecule has 3 aromatic carbocycles. The van der Waals surface area contributed by atoms with Gasteiger partial charge in [0.25, 0.3) is 17.3 Å². The van der Waals surface area contributed by atoms with Gasteiger partial charge < -0.3 is 23.7 Å². The predicted molar refractivity (Wildman–Crippen MR) is 196 cm³/mol. The number of nitrogens with zero attached hydrogens (tertiary/aromatic N) is 7. The zero-order valence-electron chi connectivity index (χ0n) is 30.7. The summed E-state index contributed by atoms with van der Waals surface area (Å²) in [5.41, 5.74) is 3.06. The third kappa shape index (κ3) is 11.4. The summed E-state index contributed by atoms with van der Waals surface area (Å²) in [5, 5.41) is 22.3. The van der Waals surface area contributed by atoms with Gasteiger partial charge in [-0.05, 0) is 43.5 Å². The Labute approximate surface area is 305 Å². The number of hydrogen-bond donors (Lipinski definition) is 0. The van der Waals surface area contributed by atoms with Crippen LogP contribution in [0.4, 0.5) is 11.4 Å². The number of piperidine rings is 1. The van der Waals surface area contributed by atoms with E-state index < -0.39 is 9.85 Å². The van der Waals surface area contributed by atoms with E-state index in [1.165, 1.54) is 34.1 Å². The topological polar surface area (TPSA) is 147 Å². The van der Waals surface area contributed by atoms with Crippen molar-refractivity contribution in [3.05, 3.63) is 116 Å². The van der Waals surface area contributed by atoms with Crippen molar-refractivity contribution in [2.24, 2.45) is 0 Å². The maximum atomic E-state index is 13.5. The number of amides is 3. The summed E-state index contributed by atoms with van der Waals surface area (Å²) in [7, 11) is 6.97. The van der Waals surface area contributed by atoms with Crippen LogP contribution in [0.2, 0.25) is 0 Å². The first-order valence-corrected chi connectivity index (χ1v) is 17.6. The number of rotatable bonds is 17. The van der Waals surface area contributed by atoms with Crippen LogP contribution in [-0.4, -0.2) is 125 Å². The van der Waals surface area contributed by atoms with Crippen LogP contribution in [0.1, 0.15) is 36.0 Å². The molecule has 0 N–H and O–H groups in total. The van der Waals surface area contributed by atoms with E-state index in [9.17, 15) is 34.6 Å². The lowest BCUT2D eigenvalue weighted by atomic mass is 10.0. The smallest absolute Gasteiger partial charge is 0.278 e. The van der Waals surface area contributed by atoms with Crippen molar-refractivity contribution < 1.29 is 33.2 Å². The van der Waals surface area contributed by atoms with E-state index in [0.717, 1.165) is 49.0 Å². The Balaban J connectivity index is 1.31. The minimum absolute atomic E-state index is 0.0254. The van der Waals surface area contributed by atoms with Crippen molar-refractivity contribution in [3.8, 4) is 0 Å². The SMILES string of the molecule is CN(CC[N+](C)(Cc1ccccc1)Cc1ccc([N+](=O)[O-])cc1)C(=O)CN(C)C(=O)CN(C)C(=O)C[N+]1(Cc2ccc([N+](=O)[O-])cc2)CCCCC1. The molecule has 14 nitrogen and oxygen atoms in total. The number of nitro benzene ring substituents is 2. The fraction of sp³-hybridized carbons (Fsp3) is 0.447. The molecular weight excluding hydrogens is 666 g/mol. The highest BCUT2D eigenvalue weighted by Gasteiger charge is 2.35. The van der Waals surface area contributed by atoms with Gasteiger partial charge in [-0.2, -0.15) is 0 Å². The molecule has 52 heavy (non-hydrogen) atoms. The summed E-state index contributed by atoms with van der Waals surface area (Å²) < 4.78 is 1.07. The van der Waals surface area contributed by atoms with E-state index in [2.05, 4.69) is 19.2 Å². The van der Waals surface area contributed by atoms with Gasteiger partial charge in [0, 0.05) is 62.1 Å². The number of likely N-dealkylation sites (N-methyl/N-ethyl adjacent to an activating group) is 4. The van der Waals surface area contributed by atoms with E-state index >= 15 is 0 Å². The normalized spacial score (nSPS) is 14.8. The maximum Gasteiger partial charge on any atom is 0.278 e. The van der Waals surface area contributed by atoms with E-state index in [1.807, 2.05) is 18.2 Å². The van der Waals surface area contributed by atoms with Crippen LogP contribution in [0.5, 0.6) is 0 Å². The highest BCUT2D eigenvalue weighted by Crippen LogP contribution is 2.25. The van der Waals surface area contributed by atoms with E-state index in [0.29, 0.717) is 41.7 Å². The molecule has 14 heteroatoms. The number of nitro groups is 2. The fourth-order valence-corrected chi connectivity index (χ4v) is 6.81. The van der Waals surface area contributed by atoms with Gasteiger partial charge in [-0.15, -0.1) is 0 Å². The largest absolute Gasteiger partial charge is 0.339 e. The van der Waals surface area contributed by atoms with Crippen LogP contribution >= 0.6 is 0 Å². The fourth-order valence-electron chi connectivity index (χ4n) is 6.81. The third-order valence-electron chi connectivity index (χ3n) is 10.0. The molecular formula is C38H51N7O7+2. The molecule has 1 aliphatic rings. The Morgan fingerprint density at radius 1 is 0.654 bits per heavy atom. The van der Waals surface area contributed by atoms with Gasteiger partial charge >= 0.3 is 0 Å². The summed E-state index contributed by atoms with van der Waals surface area (Å²) in [4.78, 5) is 65.8. The van der Waals surface area contributed by atoms with Crippen LogP contribution < -0.4 is 0 Å². The zero-order valence-corrected chi connectivity index (χ0v) is 30.7. The molecule has 1 atom stereocenters. The Morgan fingerprint density at radius 3 is 1.63 bits per heavy atom. The van der Waals surface area contributed by atoms with Gasteiger partial charge in [-0.1, -0.05) is 30.3 Å². The first-order valence-electron chi connectivity index (χ1n) is 17.6. The molecule has 1 saturated heterocycles. The lowest BCUT2D eigenvalue weighted by Gasteiger charge is -2.41. The first-order chi connectivity index (χ1) is 24.7. The zero-order chi connectivity index (χ0) is 37.9. The van der Waals surface area contributed by atoms with E-state index in [-0.39, 0.29) is 48.7 Å². The van der Waals surface area contributed by atoms with E-state index in [4.69, 9.17) is 0 Å². The van der Waals surface area contributed by atoms with E-state index in [1.54, 1.807) is 50.3 Å². The monoisotopic (exact) mass is 717 g/mol. The summed E-state index contributed by atoms with van der Waals surface area (Å²) in [6, 6.07) is 23.0. The van der Waals surface area contributed by atoms with Crippen molar-refractivity contribution in [1.82, 2.24) is 14.7 Å². The number of benzene rings is 3. The number of likely N-dealkylation sites (tertiary alicyclic amines) is 1. The van der Waals surface area contributed by atoms with Gasteiger partial charge in [0.05, 0.1) is 56.2 Å². The summed E-state index contributed by atoms with van der Waals surface area (Å²) >= 11 is 0. The lowest BCUT2D eigenvalue weighted by Crippen LogP contribution is -2.56. The van der Waals surface area contributed by atoms with Gasteiger partial charge in [0.15, 0.2) is 6.54 Å². The first kappa shape index (κ1) is 39.6. The van der Waals surface area contributed by atoms with Crippen LogP contribution in [0.3, 0.4) is 0 Å². The van der Waals surface area contributed by atoms with Gasteiger partial charge in [-0.3, -0.25) is 34.6 Å². The number of carbonyl (C=O) groups is 3. The highest BCUT2D eigenvalue weighted by atomic mass is 16.6. The van der Waals surface area contributed by atoms with Gasteiger partial charge in [0.2, 0.25) is 11.8 Å². The maximum absolute atomic E-state index is 13.5. The highest BCUT2D eigenvalue weighted by molar-refractivity contribution is 5.88. The molecule has 3 aromatic rings. The third-order valence-corrected chi connectivity index (χ3v) is 10.0. The second-order valence-electron chi connectivity index (χ2n) is 14.5. The molecule has 1 fully saturated rings. The summed E-state index contributed by atoms with van der Waals surface area (Å²) in [6.45, 7) is 4.41. The molecule has 0 spiro atoms. The molecule has 0 bridgehead atoms. The average Bonchev–Trinajstić information content (AvgIpc) is 3.11. The van der Waals surface area contributed by atoms with Crippen LogP contribution in [-0.2, 0) is 34.0 Å². The number of hydrogen-bond acceptors (Lipinski definition) is 7. The average molecular weight is 718 g/mol. The van der Waals surface area contributed by atoms with Crippen LogP contribution in [0, 0.1) is 20.2 Å². The van der Waals surface area contributed by atoms with Crippen molar-refractivity contribution in [2.75, 3.05) is 74.0 Å². The molecule has 4 rings (SSSR count). The van der Waals surface area contributed by atoms with Gasteiger partial charge in [-0.25, -0.2) is 0 Å². The predicted octanol–water partition coefficient (Wildman–Crippen LogP) is 4.23. The Kier molecular flexibility index (Phi) is 13.6. The molecule has 278 valence electrons.